The van der Waals surface area contributed by atoms with Gasteiger partial charge in [0.1, 0.15) is 23.3 Å². The smallest absolute Gasteiger partial charge is 0.270 e. The fraction of sp³-hybridized carbons (Fsp3) is 0.375. The zero-order valence-electron chi connectivity index (χ0n) is 13.7. The highest BCUT2D eigenvalue weighted by atomic mass is 35.5. The average Bonchev–Trinajstić information content (AvgIpc) is 3.02. The molecule has 0 saturated heterocycles. The molecule has 1 heterocycles. The maximum Gasteiger partial charge on any atom is 0.270 e. The van der Waals surface area contributed by atoms with Crippen LogP contribution in [0.2, 0.25) is 0 Å². The van der Waals surface area contributed by atoms with Crippen molar-refractivity contribution in [2.75, 3.05) is 20.2 Å². The minimum absolute atomic E-state index is 0. The maximum atomic E-state index is 12.0. The van der Waals surface area contributed by atoms with Crippen molar-refractivity contribution in [1.82, 2.24) is 10.3 Å². The molecule has 0 aliphatic heterocycles. The van der Waals surface area contributed by atoms with E-state index in [0.717, 1.165) is 10.8 Å². The first kappa shape index (κ1) is 20.2. The number of methoxy groups -OCH3 is 1. The fourth-order valence-electron chi connectivity index (χ4n) is 1.93. The van der Waals surface area contributed by atoms with E-state index in [0.29, 0.717) is 31.0 Å². The van der Waals surface area contributed by atoms with Crippen molar-refractivity contribution >= 4 is 29.7 Å². The number of nitrogens with two attached hydrogens (primary N) is 1. The van der Waals surface area contributed by atoms with Crippen molar-refractivity contribution in [3.05, 3.63) is 40.3 Å². The van der Waals surface area contributed by atoms with Gasteiger partial charge in [0.2, 0.25) is 0 Å². The number of carbonyl (C=O) groups excluding carboxylic acids is 1. The molecule has 24 heavy (non-hydrogen) atoms. The van der Waals surface area contributed by atoms with Gasteiger partial charge in [-0.2, -0.15) is 0 Å². The minimum atomic E-state index is -0.203. The molecule has 1 amide bonds. The first-order valence-corrected chi connectivity index (χ1v) is 8.23. The van der Waals surface area contributed by atoms with Gasteiger partial charge in [0.15, 0.2) is 0 Å². The molecule has 0 spiro atoms. The molecule has 0 fully saturated rings. The number of halogens is 1. The zero-order chi connectivity index (χ0) is 16.7. The third-order valence-corrected chi connectivity index (χ3v) is 3.98. The van der Waals surface area contributed by atoms with Crippen LogP contribution in [-0.2, 0) is 6.42 Å². The predicted octanol–water partition coefficient (Wildman–Crippen LogP) is 2.27. The standard InChI is InChI=1S/C16H21N3O3S.ClH/c1-11(22-13-5-3-4-12(8-13)21-2)9-18-16(20)14-10-23-15(19-14)6-7-17;/h3-5,8,10-11H,6-7,9,17H2,1-2H3,(H,18,20);1H. The van der Waals surface area contributed by atoms with Crippen LogP contribution in [0.5, 0.6) is 11.5 Å². The number of aromatic nitrogens is 1. The van der Waals surface area contributed by atoms with E-state index in [4.69, 9.17) is 15.2 Å². The number of nitrogens with one attached hydrogen (secondary N) is 1. The highest BCUT2D eigenvalue weighted by molar-refractivity contribution is 7.09. The van der Waals surface area contributed by atoms with Crippen molar-refractivity contribution in [3.63, 3.8) is 0 Å². The molecule has 1 aromatic carbocycles. The van der Waals surface area contributed by atoms with Crippen LogP contribution in [-0.4, -0.2) is 37.2 Å². The van der Waals surface area contributed by atoms with Gasteiger partial charge in [-0.1, -0.05) is 6.07 Å². The van der Waals surface area contributed by atoms with Gasteiger partial charge in [0.05, 0.1) is 18.7 Å². The normalized spacial score (nSPS) is 11.3. The lowest BCUT2D eigenvalue weighted by Crippen LogP contribution is -2.33. The summed E-state index contributed by atoms with van der Waals surface area (Å²) < 4.78 is 10.9. The Bertz CT molecular complexity index is 651. The summed E-state index contributed by atoms with van der Waals surface area (Å²) in [5, 5.41) is 5.44. The maximum absolute atomic E-state index is 12.0. The van der Waals surface area contributed by atoms with Crippen LogP contribution in [0.1, 0.15) is 22.4 Å². The average molecular weight is 372 g/mol. The molecule has 0 saturated carbocycles. The van der Waals surface area contributed by atoms with E-state index >= 15 is 0 Å². The topological polar surface area (TPSA) is 86.5 Å². The predicted molar refractivity (Wildman–Crippen MR) is 97.5 cm³/mol. The Kier molecular flexibility index (Phi) is 8.53. The summed E-state index contributed by atoms with van der Waals surface area (Å²) in [6, 6.07) is 7.35. The number of hydrogen-bond acceptors (Lipinski definition) is 6. The van der Waals surface area contributed by atoms with Gasteiger partial charge in [-0.3, -0.25) is 4.79 Å². The summed E-state index contributed by atoms with van der Waals surface area (Å²) in [5.41, 5.74) is 5.90. The number of thiazole rings is 1. The van der Waals surface area contributed by atoms with E-state index in [2.05, 4.69) is 10.3 Å². The second-order valence-electron chi connectivity index (χ2n) is 4.98. The van der Waals surface area contributed by atoms with Crippen LogP contribution in [0.3, 0.4) is 0 Å². The summed E-state index contributed by atoms with van der Waals surface area (Å²) in [6.45, 7) is 2.81. The van der Waals surface area contributed by atoms with E-state index in [1.807, 2.05) is 25.1 Å². The largest absolute Gasteiger partial charge is 0.497 e. The summed E-state index contributed by atoms with van der Waals surface area (Å²) >= 11 is 1.45. The van der Waals surface area contributed by atoms with Crippen LogP contribution in [0, 0.1) is 0 Å². The number of amides is 1. The Balaban J connectivity index is 0.00000288. The molecule has 0 aliphatic carbocycles. The summed E-state index contributed by atoms with van der Waals surface area (Å²) in [4.78, 5) is 16.3. The molecule has 2 aromatic rings. The van der Waals surface area contributed by atoms with Crippen molar-refractivity contribution in [3.8, 4) is 11.5 Å². The van der Waals surface area contributed by atoms with Crippen molar-refractivity contribution < 1.29 is 14.3 Å². The van der Waals surface area contributed by atoms with Crippen LogP contribution in [0.4, 0.5) is 0 Å². The van der Waals surface area contributed by atoms with Crippen LogP contribution >= 0.6 is 23.7 Å². The van der Waals surface area contributed by atoms with E-state index in [-0.39, 0.29) is 24.4 Å². The van der Waals surface area contributed by atoms with Gasteiger partial charge in [0, 0.05) is 17.9 Å². The molecule has 2 rings (SSSR count). The lowest BCUT2D eigenvalue weighted by atomic mass is 10.3. The van der Waals surface area contributed by atoms with E-state index < -0.39 is 0 Å². The molecular formula is C16H22ClN3O3S. The molecule has 0 aliphatic rings. The minimum Gasteiger partial charge on any atom is -0.497 e. The van der Waals surface area contributed by atoms with Gasteiger partial charge in [0.25, 0.3) is 5.91 Å². The second-order valence-corrected chi connectivity index (χ2v) is 5.93. The third-order valence-electron chi connectivity index (χ3n) is 3.07. The molecule has 1 unspecified atom stereocenters. The summed E-state index contributed by atoms with van der Waals surface area (Å²) in [7, 11) is 1.61. The monoisotopic (exact) mass is 371 g/mol. The number of benzene rings is 1. The molecule has 0 bridgehead atoms. The summed E-state index contributed by atoms with van der Waals surface area (Å²) in [5.74, 6) is 1.23. The quantitative estimate of drug-likeness (QED) is 0.743. The number of nitrogens with zero attached hydrogens (tertiary/aromatic N) is 1. The Morgan fingerprint density at radius 1 is 1.42 bits per heavy atom. The van der Waals surface area contributed by atoms with Gasteiger partial charge in [-0.15, -0.1) is 23.7 Å². The Morgan fingerprint density at radius 2 is 2.17 bits per heavy atom. The van der Waals surface area contributed by atoms with Gasteiger partial charge in [-0.25, -0.2) is 4.98 Å². The lowest BCUT2D eigenvalue weighted by molar-refractivity contribution is 0.0927. The number of carbonyl (C=O) groups is 1. The highest BCUT2D eigenvalue weighted by Gasteiger charge is 2.12. The molecule has 3 N–H and O–H groups in total. The van der Waals surface area contributed by atoms with Gasteiger partial charge >= 0.3 is 0 Å². The van der Waals surface area contributed by atoms with Gasteiger partial charge in [-0.05, 0) is 25.6 Å². The van der Waals surface area contributed by atoms with Crippen LogP contribution in [0.15, 0.2) is 29.6 Å². The molecule has 132 valence electrons. The van der Waals surface area contributed by atoms with Gasteiger partial charge < -0.3 is 20.5 Å². The third kappa shape index (κ3) is 5.99. The first-order chi connectivity index (χ1) is 11.1. The van der Waals surface area contributed by atoms with Crippen molar-refractivity contribution in [1.29, 1.82) is 0 Å². The Morgan fingerprint density at radius 3 is 2.88 bits per heavy atom. The highest BCUT2D eigenvalue weighted by Crippen LogP contribution is 2.19. The SMILES string of the molecule is COc1cccc(OC(C)CNC(=O)c2csc(CCN)n2)c1.Cl. The molecule has 6 nitrogen and oxygen atoms in total. The van der Waals surface area contributed by atoms with Crippen LogP contribution in [0.25, 0.3) is 0 Å². The van der Waals surface area contributed by atoms with E-state index in [9.17, 15) is 4.79 Å². The zero-order valence-corrected chi connectivity index (χ0v) is 15.3. The Labute approximate surface area is 151 Å². The fourth-order valence-corrected chi connectivity index (χ4v) is 2.72. The molecule has 1 aromatic heterocycles. The van der Waals surface area contributed by atoms with Crippen LogP contribution < -0.4 is 20.5 Å². The molecule has 8 heteroatoms. The van der Waals surface area contributed by atoms with Crippen molar-refractivity contribution in [2.45, 2.75) is 19.4 Å². The van der Waals surface area contributed by atoms with E-state index in [1.165, 1.54) is 11.3 Å². The number of hydrogen-bond donors (Lipinski definition) is 2. The molecule has 0 radical (unpaired) electrons. The summed E-state index contributed by atoms with van der Waals surface area (Å²) in [6.07, 6.45) is 0.515. The van der Waals surface area contributed by atoms with Crippen molar-refractivity contribution in [2.24, 2.45) is 5.73 Å². The van der Waals surface area contributed by atoms with E-state index in [1.54, 1.807) is 18.6 Å². The number of ether oxygens (including phenoxy) is 2. The Hall–Kier alpha value is -1.83. The number of rotatable bonds is 8. The molecule has 1 atom stereocenters. The first-order valence-electron chi connectivity index (χ1n) is 7.35. The lowest BCUT2D eigenvalue weighted by Gasteiger charge is -2.15. The molecular weight excluding hydrogens is 350 g/mol. The second kappa shape index (κ2) is 10.1.